The molecule has 1 aromatic carbocycles. The number of hydrogen-bond donors (Lipinski definition) is 0. The minimum atomic E-state index is -1.23. The van der Waals surface area contributed by atoms with E-state index in [0.717, 1.165) is 10.8 Å². The molecule has 0 fully saturated rings. The second-order valence-electron chi connectivity index (χ2n) is 4.18. The molecule has 0 unspecified atom stereocenters. The van der Waals surface area contributed by atoms with E-state index >= 15 is 0 Å². The summed E-state index contributed by atoms with van der Waals surface area (Å²) in [6.45, 7) is 0. The maximum absolute atomic E-state index is 13.9. The van der Waals surface area contributed by atoms with E-state index in [1.54, 1.807) is 18.2 Å². The number of para-hydroxylation sites is 1. The Balaban J connectivity index is 2.28. The predicted octanol–water partition coefficient (Wildman–Crippen LogP) is 3.49. The Morgan fingerprint density at radius 3 is 2.33 bits per heavy atom. The molecule has 0 saturated carbocycles. The summed E-state index contributed by atoms with van der Waals surface area (Å²) >= 11 is 0. The average Bonchev–Trinajstić information content (AvgIpc) is 2.74. The van der Waals surface area contributed by atoms with Crippen molar-refractivity contribution < 1.29 is 17.6 Å². The zero-order valence-electron chi connectivity index (χ0n) is 10.4. The van der Waals surface area contributed by atoms with E-state index in [2.05, 4.69) is 9.97 Å². The smallest absolute Gasteiger partial charge is 0.264 e. The van der Waals surface area contributed by atoms with Crippen LogP contribution in [0.25, 0.3) is 17.1 Å². The van der Waals surface area contributed by atoms with Crippen LogP contribution in [-0.2, 0) is 0 Å². The van der Waals surface area contributed by atoms with Gasteiger partial charge in [-0.3, -0.25) is 4.57 Å². The number of halogens is 4. The molecule has 0 N–H and O–H groups in total. The highest BCUT2D eigenvalue weighted by atomic mass is 19.1. The van der Waals surface area contributed by atoms with Crippen molar-refractivity contribution in [2.45, 2.75) is 0 Å². The van der Waals surface area contributed by atoms with Crippen LogP contribution >= 0.6 is 0 Å². The number of rotatable bonds is 2. The zero-order chi connectivity index (χ0) is 15.0. The van der Waals surface area contributed by atoms with Crippen molar-refractivity contribution in [3.05, 3.63) is 66.3 Å². The molecule has 0 amide bonds. The highest BCUT2D eigenvalue weighted by Gasteiger charge is 2.24. The normalized spacial score (nSPS) is 10.9. The number of nitrogens with zero attached hydrogens (tertiary/aromatic N) is 3. The summed E-state index contributed by atoms with van der Waals surface area (Å²) in [4.78, 5) is 6.55. The number of hydrogen-bond acceptors (Lipinski definition) is 2. The predicted molar refractivity (Wildman–Crippen MR) is 66.6 cm³/mol. The Labute approximate surface area is 116 Å². The average molecular weight is 293 g/mol. The van der Waals surface area contributed by atoms with Crippen LogP contribution in [0.15, 0.2) is 42.6 Å². The lowest BCUT2D eigenvalue weighted by Gasteiger charge is -2.08. The Hall–Kier alpha value is -2.70. The molecule has 7 heteroatoms. The highest BCUT2D eigenvalue weighted by Crippen LogP contribution is 2.28. The molecule has 0 bridgehead atoms. The molecule has 0 aliphatic heterocycles. The van der Waals surface area contributed by atoms with Crippen molar-refractivity contribution in [1.29, 1.82) is 0 Å². The highest BCUT2D eigenvalue weighted by molar-refractivity contribution is 5.59. The maximum Gasteiger partial charge on any atom is 0.297 e. The van der Waals surface area contributed by atoms with E-state index in [9.17, 15) is 17.6 Å². The summed E-state index contributed by atoms with van der Waals surface area (Å²) in [7, 11) is 0. The maximum atomic E-state index is 13.9. The number of imidazole rings is 1. The summed E-state index contributed by atoms with van der Waals surface area (Å²) in [6, 6.07) is 8.42. The molecule has 3 nitrogen and oxygen atoms in total. The molecule has 0 radical (unpaired) electrons. The molecule has 3 rings (SSSR count). The Kier molecular flexibility index (Phi) is 3.17. The largest absolute Gasteiger partial charge is 0.297 e. The lowest BCUT2D eigenvalue weighted by Crippen LogP contribution is -2.03. The van der Waals surface area contributed by atoms with Crippen molar-refractivity contribution in [2.24, 2.45) is 0 Å². The Bertz CT molecular complexity index is 799. The second-order valence-corrected chi connectivity index (χ2v) is 4.18. The van der Waals surface area contributed by atoms with E-state index < -0.39 is 35.0 Å². The van der Waals surface area contributed by atoms with Gasteiger partial charge in [-0.1, -0.05) is 18.2 Å². The van der Waals surface area contributed by atoms with Gasteiger partial charge >= 0.3 is 0 Å². The molecule has 21 heavy (non-hydrogen) atoms. The first-order chi connectivity index (χ1) is 10.1. The Morgan fingerprint density at radius 2 is 1.67 bits per heavy atom. The molecule has 2 aromatic heterocycles. The van der Waals surface area contributed by atoms with Crippen LogP contribution in [0.1, 0.15) is 0 Å². The fourth-order valence-corrected chi connectivity index (χ4v) is 1.97. The molecule has 0 atom stereocenters. The van der Waals surface area contributed by atoms with Crippen LogP contribution in [0, 0.1) is 23.7 Å². The van der Waals surface area contributed by atoms with Crippen molar-refractivity contribution in [3.8, 4) is 17.1 Å². The van der Waals surface area contributed by atoms with Crippen LogP contribution in [0.5, 0.6) is 0 Å². The van der Waals surface area contributed by atoms with Crippen LogP contribution in [0.2, 0.25) is 0 Å². The minimum absolute atomic E-state index is 0.243. The number of aromatic nitrogens is 3. The Morgan fingerprint density at radius 1 is 0.952 bits per heavy atom. The van der Waals surface area contributed by atoms with Gasteiger partial charge in [0.15, 0.2) is 5.82 Å². The van der Waals surface area contributed by atoms with Gasteiger partial charge in [-0.15, -0.1) is 0 Å². The van der Waals surface area contributed by atoms with E-state index in [-0.39, 0.29) is 5.69 Å². The monoisotopic (exact) mass is 293 g/mol. The van der Waals surface area contributed by atoms with Gasteiger partial charge in [0.1, 0.15) is 17.2 Å². The molecular formula is C14H7F4N3. The quantitative estimate of drug-likeness (QED) is 0.677. The minimum Gasteiger partial charge on any atom is -0.264 e. The van der Waals surface area contributed by atoms with Crippen LogP contribution in [0.3, 0.4) is 0 Å². The van der Waals surface area contributed by atoms with Crippen LogP contribution in [0.4, 0.5) is 17.6 Å². The van der Waals surface area contributed by atoms with Crippen molar-refractivity contribution in [1.82, 2.24) is 14.5 Å². The standard InChI is InChI=1S/C14H7F4N3/c15-8-6-10(16)11(19-7-8)12-13(17)20-14(18)21(12)9-4-2-1-3-5-9/h1-7H. The van der Waals surface area contributed by atoms with E-state index in [0.29, 0.717) is 6.07 Å². The van der Waals surface area contributed by atoms with E-state index in [1.165, 1.54) is 12.1 Å². The van der Waals surface area contributed by atoms with Gasteiger partial charge in [0.05, 0.1) is 11.9 Å². The summed E-state index contributed by atoms with van der Waals surface area (Å²) in [5.74, 6) is -3.25. The molecule has 3 aromatic rings. The zero-order valence-corrected chi connectivity index (χ0v) is 10.4. The molecule has 2 heterocycles. The lowest BCUT2D eigenvalue weighted by atomic mass is 10.2. The third kappa shape index (κ3) is 2.26. The summed E-state index contributed by atoms with van der Waals surface area (Å²) in [5, 5.41) is 0. The van der Waals surface area contributed by atoms with Gasteiger partial charge in [0.25, 0.3) is 6.08 Å². The van der Waals surface area contributed by atoms with Crippen molar-refractivity contribution >= 4 is 0 Å². The van der Waals surface area contributed by atoms with Gasteiger partial charge in [0.2, 0.25) is 5.95 Å². The van der Waals surface area contributed by atoms with Gasteiger partial charge in [-0.05, 0) is 12.1 Å². The molecular weight excluding hydrogens is 286 g/mol. The lowest BCUT2D eigenvalue weighted by molar-refractivity contribution is 0.504. The summed E-state index contributed by atoms with van der Waals surface area (Å²) in [5.41, 5.74) is -0.780. The SMILES string of the molecule is Fc1cnc(-c2c(F)nc(F)n2-c2ccccc2)c(F)c1. The molecule has 0 aliphatic carbocycles. The third-order valence-corrected chi connectivity index (χ3v) is 2.84. The van der Waals surface area contributed by atoms with Crippen LogP contribution < -0.4 is 0 Å². The number of pyridine rings is 1. The summed E-state index contributed by atoms with van der Waals surface area (Å²) in [6.07, 6.45) is -0.433. The van der Waals surface area contributed by atoms with Crippen molar-refractivity contribution in [3.63, 3.8) is 0 Å². The van der Waals surface area contributed by atoms with Gasteiger partial charge in [-0.2, -0.15) is 13.8 Å². The molecule has 0 aliphatic rings. The summed E-state index contributed by atoms with van der Waals surface area (Å²) < 4.78 is 55.2. The van der Waals surface area contributed by atoms with Crippen molar-refractivity contribution in [2.75, 3.05) is 0 Å². The molecule has 0 spiro atoms. The first kappa shape index (κ1) is 13.3. The molecule has 106 valence electrons. The molecule has 0 saturated heterocycles. The fourth-order valence-electron chi connectivity index (χ4n) is 1.97. The van der Waals surface area contributed by atoms with Gasteiger partial charge < -0.3 is 0 Å². The van der Waals surface area contributed by atoms with Gasteiger partial charge in [0, 0.05) is 6.07 Å². The first-order valence-electron chi connectivity index (χ1n) is 5.88. The van der Waals surface area contributed by atoms with E-state index in [1.807, 2.05) is 0 Å². The van der Waals surface area contributed by atoms with Gasteiger partial charge in [-0.25, -0.2) is 13.8 Å². The topological polar surface area (TPSA) is 30.7 Å². The second kappa shape index (κ2) is 5.01. The van der Waals surface area contributed by atoms with Crippen LogP contribution in [-0.4, -0.2) is 14.5 Å². The fraction of sp³-hybridized carbons (Fsp3) is 0. The first-order valence-corrected chi connectivity index (χ1v) is 5.88. The third-order valence-electron chi connectivity index (χ3n) is 2.84. The van der Waals surface area contributed by atoms with E-state index in [4.69, 9.17) is 0 Å². The number of benzene rings is 1.